The molecule has 1 aromatic heterocycles. The van der Waals surface area contributed by atoms with Crippen molar-refractivity contribution >= 4 is 11.3 Å². The molecule has 1 aromatic carbocycles. The number of thiazole rings is 1. The van der Waals surface area contributed by atoms with Gasteiger partial charge in [0.1, 0.15) is 10.8 Å². The Labute approximate surface area is 121 Å². The van der Waals surface area contributed by atoms with E-state index in [1.807, 2.05) is 0 Å². The molecule has 106 valence electrons. The van der Waals surface area contributed by atoms with Crippen LogP contribution in [-0.2, 0) is 32.5 Å². The molecule has 0 aliphatic heterocycles. The number of aliphatic hydroxyl groups is 1. The number of hydrogen-bond acceptors (Lipinski definition) is 4. The number of rotatable bonds is 5. The van der Waals surface area contributed by atoms with Crippen LogP contribution in [0.15, 0.2) is 18.2 Å². The summed E-state index contributed by atoms with van der Waals surface area (Å²) in [4.78, 5) is 6.06. The molecule has 0 atom stereocenters. The Bertz CT molecular complexity index is 590. The van der Waals surface area contributed by atoms with Crippen molar-refractivity contribution in [3.63, 3.8) is 0 Å². The lowest BCUT2D eigenvalue weighted by atomic mass is 10.1. The second kappa shape index (κ2) is 5.99. The van der Waals surface area contributed by atoms with E-state index in [9.17, 15) is 4.39 Å². The minimum absolute atomic E-state index is 0.265. The predicted molar refractivity (Wildman–Crippen MR) is 77.0 cm³/mol. The molecular weight excluding hydrogens is 275 g/mol. The molecule has 0 spiro atoms. The second-order valence-electron chi connectivity index (χ2n) is 5.02. The van der Waals surface area contributed by atoms with Crippen molar-refractivity contribution in [2.24, 2.45) is 0 Å². The molecule has 1 aliphatic rings. The fourth-order valence-electron chi connectivity index (χ4n) is 2.49. The highest BCUT2D eigenvalue weighted by Crippen LogP contribution is 2.27. The van der Waals surface area contributed by atoms with Crippen LogP contribution in [0.5, 0.6) is 0 Å². The van der Waals surface area contributed by atoms with Gasteiger partial charge >= 0.3 is 0 Å². The number of hydrogen-bond donors (Lipinski definition) is 2. The quantitative estimate of drug-likeness (QED) is 0.890. The standard InChI is InChI=1S/C15H17FN2OS/c16-12-5-4-10(6-11(12)9-19)7-17-8-15-18-13-2-1-3-14(13)20-15/h4-6,17,19H,1-3,7-9H2. The molecule has 1 aliphatic carbocycles. The summed E-state index contributed by atoms with van der Waals surface area (Å²) >= 11 is 1.79. The number of nitrogens with one attached hydrogen (secondary N) is 1. The van der Waals surface area contributed by atoms with Crippen LogP contribution in [0.4, 0.5) is 4.39 Å². The molecule has 0 radical (unpaired) electrons. The van der Waals surface area contributed by atoms with E-state index in [2.05, 4.69) is 10.3 Å². The van der Waals surface area contributed by atoms with Gasteiger partial charge in [-0.3, -0.25) is 0 Å². The summed E-state index contributed by atoms with van der Waals surface area (Å²) in [7, 11) is 0. The summed E-state index contributed by atoms with van der Waals surface area (Å²) in [6.07, 6.45) is 3.52. The van der Waals surface area contributed by atoms with Crippen molar-refractivity contribution in [1.29, 1.82) is 0 Å². The molecule has 0 unspecified atom stereocenters. The van der Waals surface area contributed by atoms with Gasteiger partial charge in [0, 0.05) is 23.5 Å². The summed E-state index contributed by atoms with van der Waals surface area (Å²) in [6, 6.07) is 4.84. The molecule has 0 amide bonds. The molecule has 3 rings (SSSR count). The van der Waals surface area contributed by atoms with E-state index in [4.69, 9.17) is 5.11 Å². The Balaban J connectivity index is 1.56. The zero-order valence-corrected chi connectivity index (χ0v) is 12.0. The minimum Gasteiger partial charge on any atom is -0.392 e. The smallest absolute Gasteiger partial charge is 0.128 e. The first-order chi connectivity index (χ1) is 9.76. The molecule has 0 saturated heterocycles. The molecule has 2 N–H and O–H groups in total. The van der Waals surface area contributed by atoms with Gasteiger partial charge in [-0.2, -0.15) is 0 Å². The number of aliphatic hydroxyl groups excluding tert-OH is 1. The number of aromatic nitrogens is 1. The second-order valence-corrected chi connectivity index (χ2v) is 6.19. The molecule has 3 nitrogen and oxygen atoms in total. The van der Waals surface area contributed by atoms with Crippen molar-refractivity contribution in [2.75, 3.05) is 0 Å². The van der Waals surface area contributed by atoms with Gasteiger partial charge in [-0.1, -0.05) is 6.07 Å². The Morgan fingerprint density at radius 2 is 2.20 bits per heavy atom. The third-order valence-electron chi connectivity index (χ3n) is 3.53. The zero-order valence-electron chi connectivity index (χ0n) is 11.2. The van der Waals surface area contributed by atoms with Gasteiger partial charge in [-0.15, -0.1) is 11.3 Å². The van der Waals surface area contributed by atoms with E-state index >= 15 is 0 Å². The van der Waals surface area contributed by atoms with E-state index in [0.29, 0.717) is 12.1 Å². The molecule has 0 fully saturated rings. The van der Waals surface area contributed by atoms with Gasteiger partial charge in [0.05, 0.1) is 12.3 Å². The van der Waals surface area contributed by atoms with Crippen LogP contribution >= 0.6 is 11.3 Å². The zero-order chi connectivity index (χ0) is 13.9. The number of halogens is 1. The first kappa shape index (κ1) is 13.7. The van der Waals surface area contributed by atoms with Gasteiger partial charge < -0.3 is 10.4 Å². The summed E-state index contributed by atoms with van der Waals surface area (Å²) in [5.74, 6) is -0.354. The average Bonchev–Trinajstić information content (AvgIpc) is 3.01. The fourth-order valence-corrected chi connectivity index (χ4v) is 3.62. The highest BCUT2D eigenvalue weighted by molar-refractivity contribution is 7.11. The Kier molecular flexibility index (Phi) is 4.10. The Hall–Kier alpha value is -1.30. The number of aryl methyl sites for hydroxylation is 2. The van der Waals surface area contributed by atoms with Gasteiger partial charge in [0.2, 0.25) is 0 Å². The molecule has 0 saturated carbocycles. The third kappa shape index (κ3) is 2.90. The molecular formula is C15H17FN2OS. The summed E-state index contributed by atoms with van der Waals surface area (Å²) in [5.41, 5.74) is 2.59. The molecule has 5 heteroatoms. The maximum Gasteiger partial charge on any atom is 0.128 e. The first-order valence-corrected chi connectivity index (χ1v) is 7.64. The van der Waals surface area contributed by atoms with Crippen LogP contribution in [0.2, 0.25) is 0 Å². The van der Waals surface area contributed by atoms with E-state index < -0.39 is 0 Å². The van der Waals surface area contributed by atoms with Crippen LogP contribution in [0.25, 0.3) is 0 Å². The first-order valence-electron chi connectivity index (χ1n) is 6.82. The van der Waals surface area contributed by atoms with Crippen LogP contribution in [0.3, 0.4) is 0 Å². The van der Waals surface area contributed by atoms with Crippen LogP contribution in [0, 0.1) is 5.82 Å². The van der Waals surface area contributed by atoms with E-state index in [0.717, 1.165) is 23.5 Å². The number of nitrogens with zero attached hydrogens (tertiary/aromatic N) is 1. The maximum atomic E-state index is 13.3. The summed E-state index contributed by atoms with van der Waals surface area (Å²) in [6.45, 7) is 1.12. The third-order valence-corrected chi connectivity index (χ3v) is 4.68. The minimum atomic E-state index is -0.354. The Morgan fingerprint density at radius 1 is 1.30 bits per heavy atom. The van der Waals surface area contributed by atoms with Gasteiger partial charge in [-0.05, 0) is 37.0 Å². The largest absolute Gasteiger partial charge is 0.392 e. The lowest BCUT2D eigenvalue weighted by Gasteiger charge is -2.06. The van der Waals surface area contributed by atoms with Gasteiger partial charge in [0.25, 0.3) is 0 Å². The highest BCUT2D eigenvalue weighted by Gasteiger charge is 2.16. The van der Waals surface area contributed by atoms with Crippen molar-refractivity contribution in [3.8, 4) is 0 Å². The fraction of sp³-hybridized carbons (Fsp3) is 0.400. The SMILES string of the molecule is OCc1cc(CNCc2nc3c(s2)CCC3)ccc1F. The number of fused-ring (bicyclic) bond motifs is 1. The van der Waals surface area contributed by atoms with Crippen LogP contribution in [0.1, 0.15) is 33.1 Å². The van der Waals surface area contributed by atoms with Crippen molar-refractivity contribution < 1.29 is 9.50 Å². The summed E-state index contributed by atoms with van der Waals surface area (Å²) < 4.78 is 13.3. The maximum absolute atomic E-state index is 13.3. The van der Waals surface area contributed by atoms with E-state index in [1.165, 1.54) is 29.5 Å². The van der Waals surface area contributed by atoms with E-state index in [1.54, 1.807) is 23.5 Å². The normalized spacial score (nSPS) is 13.7. The summed E-state index contributed by atoms with van der Waals surface area (Å²) in [5, 5.41) is 13.5. The molecule has 20 heavy (non-hydrogen) atoms. The predicted octanol–water partition coefficient (Wildman–Crippen LogP) is 2.55. The van der Waals surface area contributed by atoms with Gasteiger partial charge in [0.15, 0.2) is 0 Å². The molecule has 2 aromatic rings. The topological polar surface area (TPSA) is 45.1 Å². The van der Waals surface area contributed by atoms with Crippen LogP contribution in [-0.4, -0.2) is 10.1 Å². The lowest BCUT2D eigenvalue weighted by molar-refractivity contribution is 0.275. The van der Waals surface area contributed by atoms with Crippen molar-refractivity contribution in [3.05, 3.63) is 50.7 Å². The molecule has 0 bridgehead atoms. The average molecular weight is 292 g/mol. The van der Waals surface area contributed by atoms with E-state index in [-0.39, 0.29) is 12.4 Å². The Morgan fingerprint density at radius 3 is 3.00 bits per heavy atom. The van der Waals surface area contributed by atoms with Crippen LogP contribution < -0.4 is 5.32 Å². The monoisotopic (exact) mass is 292 g/mol. The number of benzene rings is 1. The van der Waals surface area contributed by atoms with Crippen molar-refractivity contribution in [1.82, 2.24) is 10.3 Å². The molecule has 1 heterocycles. The van der Waals surface area contributed by atoms with Gasteiger partial charge in [-0.25, -0.2) is 9.37 Å². The lowest BCUT2D eigenvalue weighted by Crippen LogP contribution is -2.13. The van der Waals surface area contributed by atoms with Crippen molar-refractivity contribution in [2.45, 2.75) is 39.0 Å². The highest BCUT2D eigenvalue weighted by atomic mass is 32.1.